The van der Waals surface area contributed by atoms with Gasteiger partial charge in [-0.05, 0) is 32.0 Å². The highest BCUT2D eigenvalue weighted by atomic mass is 16.5. The van der Waals surface area contributed by atoms with E-state index in [1.54, 1.807) is 0 Å². The van der Waals surface area contributed by atoms with E-state index in [9.17, 15) is 4.79 Å². The maximum atomic E-state index is 12.5. The van der Waals surface area contributed by atoms with Gasteiger partial charge in [-0.15, -0.1) is 0 Å². The zero-order valence-corrected chi connectivity index (χ0v) is 10.6. The molecule has 2 unspecified atom stereocenters. The molecule has 2 rings (SSSR count). The Morgan fingerprint density at radius 2 is 2.12 bits per heavy atom. The molecule has 1 aromatic rings. The third kappa shape index (κ3) is 2.26. The van der Waals surface area contributed by atoms with Gasteiger partial charge in [-0.1, -0.05) is 18.2 Å². The van der Waals surface area contributed by atoms with Crippen LogP contribution in [0.15, 0.2) is 18.2 Å². The molecule has 3 nitrogen and oxygen atoms in total. The van der Waals surface area contributed by atoms with Gasteiger partial charge in [-0.3, -0.25) is 4.79 Å². The lowest BCUT2D eigenvalue weighted by atomic mass is 9.90. The van der Waals surface area contributed by atoms with Crippen molar-refractivity contribution in [2.24, 2.45) is 5.92 Å². The van der Waals surface area contributed by atoms with Crippen LogP contribution in [0.4, 0.5) is 0 Å². The van der Waals surface area contributed by atoms with E-state index < -0.39 is 0 Å². The van der Waals surface area contributed by atoms with Gasteiger partial charge in [0.05, 0.1) is 19.1 Å². The van der Waals surface area contributed by atoms with E-state index in [-0.39, 0.29) is 17.7 Å². The molecule has 1 aromatic carbocycles. The first-order chi connectivity index (χ1) is 8.15. The Morgan fingerprint density at radius 1 is 1.35 bits per heavy atom. The Morgan fingerprint density at radius 3 is 2.82 bits per heavy atom. The molecule has 2 atom stereocenters. The number of benzene rings is 1. The summed E-state index contributed by atoms with van der Waals surface area (Å²) in [5, 5.41) is 3.15. The first kappa shape index (κ1) is 12.3. The molecule has 1 fully saturated rings. The molecule has 0 saturated carbocycles. The largest absolute Gasteiger partial charge is 0.379 e. The van der Waals surface area contributed by atoms with Crippen LogP contribution in [0.2, 0.25) is 0 Å². The number of Topliss-reactive ketones (excluding diaryl/α,β-unsaturated/α-hetero) is 1. The molecule has 0 spiro atoms. The van der Waals surface area contributed by atoms with Crippen molar-refractivity contribution in [3.05, 3.63) is 34.9 Å². The second-order valence-electron chi connectivity index (χ2n) is 4.65. The highest BCUT2D eigenvalue weighted by molar-refractivity contribution is 6.00. The van der Waals surface area contributed by atoms with Crippen molar-refractivity contribution >= 4 is 5.78 Å². The van der Waals surface area contributed by atoms with Crippen molar-refractivity contribution in [2.45, 2.75) is 19.9 Å². The van der Waals surface area contributed by atoms with Gasteiger partial charge in [0.1, 0.15) is 0 Å². The molecule has 1 heterocycles. The standard InChI is InChI=1S/C14H19NO2/c1-9-5-4-6-11(10(9)2)14(16)12-7-17-8-13(12)15-3/h4-6,12-13,15H,7-8H2,1-3H3. The summed E-state index contributed by atoms with van der Waals surface area (Å²) < 4.78 is 5.39. The summed E-state index contributed by atoms with van der Waals surface area (Å²) in [7, 11) is 1.88. The molecule has 0 aromatic heterocycles. The summed E-state index contributed by atoms with van der Waals surface area (Å²) in [4.78, 5) is 12.5. The Hall–Kier alpha value is -1.19. The van der Waals surface area contributed by atoms with Crippen molar-refractivity contribution in [2.75, 3.05) is 20.3 Å². The lowest BCUT2D eigenvalue weighted by Crippen LogP contribution is -2.37. The number of carbonyl (C=O) groups excluding carboxylic acids is 1. The molecular weight excluding hydrogens is 214 g/mol. The van der Waals surface area contributed by atoms with Crippen molar-refractivity contribution in [3.63, 3.8) is 0 Å². The Balaban J connectivity index is 2.28. The summed E-state index contributed by atoms with van der Waals surface area (Å²) >= 11 is 0. The zero-order chi connectivity index (χ0) is 12.4. The van der Waals surface area contributed by atoms with Crippen LogP contribution in [0.3, 0.4) is 0 Å². The molecule has 0 amide bonds. The van der Waals surface area contributed by atoms with E-state index in [1.807, 2.05) is 39.1 Å². The number of rotatable bonds is 3. The van der Waals surface area contributed by atoms with Crippen LogP contribution in [0.25, 0.3) is 0 Å². The molecule has 0 radical (unpaired) electrons. The molecule has 3 heteroatoms. The second kappa shape index (κ2) is 4.98. The fourth-order valence-corrected chi connectivity index (χ4v) is 2.31. The molecule has 92 valence electrons. The van der Waals surface area contributed by atoms with Gasteiger partial charge in [-0.25, -0.2) is 0 Å². The van der Waals surface area contributed by atoms with E-state index in [0.29, 0.717) is 13.2 Å². The molecule has 1 N–H and O–H groups in total. The fourth-order valence-electron chi connectivity index (χ4n) is 2.31. The van der Waals surface area contributed by atoms with Gasteiger partial charge >= 0.3 is 0 Å². The SMILES string of the molecule is CNC1COCC1C(=O)c1cccc(C)c1C. The molecule has 0 bridgehead atoms. The molecular formula is C14H19NO2. The number of hydrogen-bond acceptors (Lipinski definition) is 3. The third-order valence-electron chi connectivity index (χ3n) is 3.66. The van der Waals surface area contributed by atoms with Crippen LogP contribution in [-0.4, -0.2) is 32.1 Å². The average Bonchev–Trinajstić information content (AvgIpc) is 2.80. The maximum Gasteiger partial charge on any atom is 0.170 e. The van der Waals surface area contributed by atoms with E-state index in [1.165, 1.54) is 0 Å². The summed E-state index contributed by atoms with van der Waals surface area (Å²) in [5.41, 5.74) is 3.08. The Labute approximate surface area is 102 Å². The van der Waals surface area contributed by atoms with E-state index in [4.69, 9.17) is 4.74 Å². The number of aryl methyl sites for hydroxylation is 1. The van der Waals surface area contributed by atoms with Gasteiger partial charge in [0.2, 0.25) is 0 Å². The van der Waals surface area contributed by atoms with Crippen LogP contribution in [0.1, 0.15) is 21.5 Å². The summed E-state index contributed by atoms with van der Waals surface area (Å²) in [6.45, 7) is 5.19. The fraction of sp³-hybridized carbons (Fsp3) is 0.500. The minimum absolute atomic E-state index is 0.0551. The lowest BCUT2D eigenvalue weighted by Gasteiger charge is -2.17. The molecule has 1 aliphatic heterocycles. The molecule has 1 saturated heterocycles. The number of ketones is 1. The summed E-state index contributed by atoms with van der Waals surface area (Å²) in [6.07, 6.45) is 0. The predicted octanol–water partition coefficient (Wildman–Crippen LogP) is 1.72. The molecule has 17 heavy (non-hydrogen) atoms. The van der Waals surface area contributed by atoms with Crippen LogP contribution in [0, 0.1) is 19.8 Å². The van der Waals surface area contributed by atoms with Crippen LogP contribution >= 0.6 is 0 Å². The van der Waals surface area contributed by atoms with Gasteiger partial charge in [0, 0.05) is 11.6 Å². The number of likely N-dealkylation sites (N-methyl/N-ethyl adjacent to an activating group) is 1. The minimum Gasteiger partial charge on any atom is -0.379 e. The summed E-state index contributed by atoms with van der Waals surface area (Å²) in [5.74, 6) is 0.142. The predicted molar refractivity (Wildman–Crippen MR) is 67.4 cm³/mol. The topological polar surface area (TPSA) is 38.3 Å². The monoisotopic (exact) mass is 233 g/mol. The Kier molecular flexibility index (Phi) is 3.60. The summed E-state index contributed by atoms with van der Waals surface area (Å²) in [6, 6.07) is 6.03. The first-order valence-corrected chi connectivity index (χ1v) is 6.00. The zero-order valence-electron chi connectivity index (χ0n) is 10.6. The van der Waals surface area contributed by atoms with Crippen molar-refractivity contribution in [1.82, 2.24) is 5.32 Å². The van der Waals surface area contributed by atoms with Gasteiger partial charge in [-0.2, -0.15) is 0 Å². The van der Waals surface area contributed by atoms with Crippen LogP contribution in [-0.2, 0) is 4.74 Å². The van der Waals surface area contributed by atoms with E-state index in [0.717, 1.165) is 16.7 Å². The highest BCUT2D eigenvalue weighted by Crippen LogP contribution is 2.22. The lowest BCUT2D eigenvalue weighted by molar-refractivity contribution is 0.0891. The quantitative estimate of drug-likeness (QED) is 0.808. The number of nitrogens with one attached hydrogen (secondary N) is 1. The number of hydrogen-bond donors (Lipinski definition) is 1. The number of ether oxygens (including phenoxy) is 1. The number of carbonyl (C=O) groups is 1. The van der Waals surface area contributed by atoms with Crippen LogP contribution < -0.4 is 5.32 Å². The second-order valence-corrected chi connectivity index (χ2v) is 4.65. The van der Waals surface area contributed by atoms with Crippen molar-refractivity contribution in [1.29, 1.82) is 0 Å². The van der Waals surface area contributed by atoms with Crippen molar-refractivity contribution in [3.8, 4) is 0 Å². The van der Waals surface area contributed by atoms with Crippen molar-refractivity contribution < 1.29 is 9.53 Å². The normalized spacial score (nSPS) is 23.9. The Bertz CT molecular complexity index is 428. The third-order valence-corrected chi connectivity index (χ3v) is 3.66. The minimum atomic E-state index is -0.0551. The average molecular weight is 233 g/mol. The maximum absolute atomic E-state index is 12.5. The van der Waals surface area contributed by atoms with E-state index in [2.05, 4.69) is 5.32 Å². The van der Waals surface area contributed by atoms with Gasteiger partial charge in [0.15, 0.2) is 5.78 Å². The smallest absolute Gasteiger partial charge is 0.170 e. The van der Waals surface area contributed by atoms with Crippen LogP contribution in [0.5, 0.6) is 0 Å². The highest BCUT2D eigenvalue weighted by Gasteiger charge is 2.33. The molecule has 0 aliphatic carbocycles. The van der Waals surface area contributed by atoms with Gasteiger partial charge in [0.25, 0.3) is 0 Å². The first-order valence-electron chi connectivity index (χ1n) is 6.00. The molecule has 1 aliphatic rings. The van der Waals surface area contributed by atoms with E-state index >= 15 is 0 Å². The van der Waals surface area contributed by atoms with Gasteiger partial charge < -0.3 is 10.1 Å².